The molecule has 3 rings (SSSR count). The highest BCUT2D eigenvalue weighted by Gasteiger charge is 2.12. The van der Waals surface area contributed by atoms with Gasteiger partial charge in [-0.2, -0.15) is 4.98 Å². The molecule has 20 heavy (non-hydrogen) atoms. The lowest BCUT2D eigenvalue weighted by atomic mass is 10.2. The van der Waals surface area contributed by atoms with Gasteiger partial charge < -0.3 is 14.7 Å². The van der Waals surface area contributed by atoms with Crippen LogP contribution in [0.3, 0.4) is 0 Å². The van der Waals surface area contributed by atoms with Gasteiger partial charge in [0.25, 0.3) is 5.89 Å². The quantitative estimate of drug-likeness (QED) is 0.706. The van der Waals surface area contributed by atoms with Crippen molar-refractivity contribution >= 4 is 11.6 Å². The van der Waals surface area contributed by atoms with Gasteiger partial charge in [0.15, 0.2) is 11.5 Å². The van der Waals surface area contributed by atoms with Crippen LogP contribution in [0, 0.1) is 0 Å². The van der Waals surface area contributed by atoms with E-state index in [1.54, 1.807) is 30.3 Å². The first-order valence-corrected chi connectivity index (χ1v) is 6.13. The number of phenols is 2. The molecular formula is C14H9ClN2O3. The molecule has 1 heterocycles. The predicted molar refractivity (Wildman–Crippen MR) is 73.5 cm³/mol. The van der Waals surface area contributed by atoms with Crippen LogP contribution in [0.25, 0.3) is 22.8 Å². The highest BCUT2D eigenvalue weighted by Crippen LogP contribution is 2.30. The van der Waals surface area contributed by atoms with Crippen molar-refractivity contribution in [1.82, 2.24) is 10.1 Å². The molecule has 3 aromatic rings. The van der Waals surface area contributed by atoms with Gasteiger partial charge in [-0.15, -0.1) is 0 Å². The smallest absolute Gasteiger partial charge is 0.258 e. The summed E-state index contributed by atoms with van der Waals surface area (Å²) in [5, 5.41) is 23.2. The number of halogens is 1. The molecular weight excluding hydrogens is 280 g/mol. The Morgan fingerprint density at radius 2 is 1.60 bits per heavy atom. The maximum atomic E-state index is 9.46. The molecule has 2 N–H and O–H groups in total. The second-order valence-corrected chi connectivity index (χ2v) is 4.57. The Bertz CT molecular complexity index is 753. The average Bonchev–Trinajstić information content (AvgIpc) is 2.92. The summed E-state index contributed by atoms with van der Waals surface area (Å²) in [5.41, 5.74) is 1.29. The standard InChI is InChI=1S/C14H9ClN2O3/c15-10-4-1-8(2-5-10)13-16-14(20-17-13)9-3-6-11(18)12(19)7-9/h1-7,18-19H. The number of benzene rings is 2. The fraction of sp³-hybridized carbons (Fsp3) is 0. The van der Waals surface area contributed by atoms with E-state index in [1.807, 2.05) is 0 Å². The number of hydrogen-bond acceptors (Lipinski definition) is 5. The Morgan fingerprint density at radius 3 is 2.30 bits per heavy atom. The van der Waals surface area contributed by atoms with Gasteiger partial charge in [0.05, 0.1) is 0 Å². The molecule has 0 saturated heterocycles. The zero-order chi connectivity index (χ0) is 14.1. The number of aromatic hydroxyl groups is 2. The summed E-state index contributed by atoms with van der Waals surface area (Å²) in [6, 6.07) is 11.3. The van der Waals surface area contributed by atoms with Gasteiger partial charge in [-0.05, 0) is 42.5 Å². The summed E-state index contributed by atoms with van der Waals surface area (Å²) in [6.07, 6.45) is 0. The molecule has 100 valence electrons. The van der Waals surface area contributed by atoms with Crippen LogP contribution >= 0.6 is 11.6 Å². The SMILES string of the molecule is Oc1ccc(-c2nc(-c3ccc(Cl)cc3)no2)cc1O. The summed E-state index contributed by atoms with van der Waals surface area (Å²) in [4.78, 5) is 4.24. The molecule has 0 fully saturated rings. The highest BCUT2D eigenvalue weighted by atomic mass is 35.5. The molecule has 0 amide bonds. The summed E-state index contributed by atoms with van der Waals surface area (Å²) in [7, 11) is 0. The molecule has 0 unspecified atom stereocenters. The van der Waals surface area contributed by atoms with E-state index in [9.17, 15) is 10.2 Å². The van der Waals surface area contributed by atoms with E-state index >= 15 is 0 Å². The fourth-order valence-electron chi connectivity index (χ4n) is 1.71. The molecule has 0 aliphatic heterocycles. The number of phenolic OH excluding ortho intramolecular Hbond substituents is 2. The molecule has 2 aromatic carbocycles. The van der Waals surface area contributed by atoms with Crippen molar-refractivity contribution in [1.29, 1.82) is 0 Å². The number of nitrogens with zero attached hydrogens (tertiary/aromatic N) is 2. The van der Waals surface area contributed by atoms with Crippen molar-refractivity contribution in [2.45, 2.75) is 0 Å². The van der Waals surface area contributed by atoms with Crippen LogP contribution in [-0.2, 0) is 0 Å². The number of hydrogen-bond donors (Lipinski definition) is 2. The molecule has 0 atom stereocenters. The lowest BCUT2D eigenvalue weighted by Crippen LogP contribution is -1.81. The first kappa shape index (κ1) is 12.5. The lowest BCUT2D eigenvalue weighted by molar-refractivity contribution is 0.402. The minimum atomic E-state index is -0.242. The first-order chi connectivity index (χ1) is 9.63. The van der Waals surface area contributed by atoms with Crippen LogP contribution in [0.5, 0.6) is 11.5 Å². The molecule has 0 radical (unpaired) electrons. The van der Waals surface area contributed by atoms with Crippen molar-refractivity contribution in [3.63, 3.8) is 0 Å². The topological polar surface area (TPSA) is 79.4 Å². The van der Waals surface area contributed by atoms with E-state index in [4.69, 9.17) is 16.1 Å². The zero-order valence-electron chi connectivity index (χ0n) is 10.1. The van der Waals surface area contributed by atoms with Crippen LogP contribution in [0.2, 0.25) is 5.02 Å². The Hall–Kier alpha value is -2.53. The van der Waals surface area contributed by atoms with Crippen LogP contribution in [0.15, 0.2) is 47.0 Å². The van der Waals surface area contributed by atoms with Gasteiger partial charge in [0.2, 0.25) is 5.82 Å². The number of rotatable bonds is 2. The summed E-state index contributed by atoms with van der Waals surface area (Å²) in [5.74, 6) is 0.231. The zero-order valence-corrected chi connectivity index (χ0v) is 10.9. The number of aromatic nitrogens is 2. The van der Waals surface area contributed by atoms with Crippen LogP contribution < -0.4 is 0 Å². The van der Waals surface area contributed by atoms with E-state index < -0.39 is 0 Å². The molecule has 5 nitrogen and oxygen atoms in total. The molecule has 0 saturated carbocycles. The van der Waals surface area contributed by atoms with E-state index in [0.717, 1.165) is 5.56 Å². The summed E-state index contributed by atoms with van der Waals surface area (Å²) in [6.45, 7) is 0. The second-order valence-electron chi connectivity index (χ2n) is 4.13. The minimum absolute atomic E-state index is 0.203. The van der Waals surface area contributed by atoms with E-state index in [0.29, 0.717) is 16.4 Å². The predicted octanol–water partition coefficient (Wildman–Crippen LogP) is 3.47. The molecule has 1 aromatic heterocycles. The van der Waals surface area contributed by atoms with Crippen LogP contribution in [-0.4, -0.2) is 20.4 Å². The molecule has 0 spiro atoms. The Balaban J connectivity index is 1.97. The van der Waals surface area contributed by atoms with Crippen molar-refractivity contribution < 1.29 is 14.7 Å². The first-order valence-electron chi connectivity index (χ1n) is 5.75. The maximum absolute atomic E-state index is 9.46. The maximum Gasteiger partial charge on any atom is 0.258 e. The Kier molecular flexibility index (Phi) is 3.04. The third-order valence-corrected chi connectivity index (χ3v) is 3.00. The van der Waals surface area contributed by atoms with E-state index in [2.05, 4.69) is 10.1 Å². The van der Waals surface area contributed by atoms with Crippen molar-refractivity contribution in [2.24, 2.45) is 0 Å². The third kappa shape index (κ3) is 2.31. The van der Waals surface area contributed by atoms with Gasteiger partial charge in [-0.25, -0.2) is 0 Å². The van der Waals surface area contributed by atoms with E-state index in [-0.39, 0.29) is 17.4 Å². The van der Waals surface area contributed by atoms with Crippen LogP contribution in [0.1, 0.15) is 0 Å². The van der Waals surface area contributed by atoms with Gasteiger partial charge in [0, 0.05) is 16.1 Å². The van der Waals surface area contributed by atoms with Gasteiger partial charge in [-0.1, -0.05) is 16.8 Å². The third-order valence-electron chi connectivity index (χ3n) is 2.75. The average molecular weight is 289 g/mol. The van der Waals surface area contributed by atoms with Gasteiger partial charge >= 0.3 is 0 Å². The lowest BCUT2D eigenvalue weighted by Gasteiger charge is -1.98. The molecule has 0 bridgehead atoms. The van der Waals surface area contributed by atoms with Crippen molar-refractivity contribution in [3.05, 3.63) is 47.5 Å². The van der Waals surface area contributed by atoms with Crippen molar-refractivity contribution in [2.75, 3.05) is 0 Å². The van der Waals surface area contributed by atoms with Gasteiger partial charge in [-0.3, -0.25) is 0 Å². The molecule has 0 aliphatic carbocycles. The van der Waals surface area contributed by atoms with E-state index in [1.165, 1.54) is 12.1 Å². The minimum Gasteiger partial charge on any atom is -0.504 e. The normalized spacial score (nSPS) is 10.7. The highest BCUT2D eigenvalue weighted by molar-refractivity contribution is 6.30. The summed E-state index contributed by atoms with van der Waals surface area (Å²) >= 11 is 5.82. The Morgan fingerprint density at radius 1 is 0.900 bits per heavy atom. The molecule has 6 heteroatoms. The van der Waals surface area contributed by atoms with Crippen LogP contribution in [0.4, 0.5) is 0 Å². The summed E-state index contributed by atoms with van der Waals surface area (Å²) < 4.78 is 5.14. The largest absolute Gasteiger partial charge is 0.504 e. The van der Waals surface area contributed by atoms with Crippen molar-refractivity contribution in [3.8, 4) is 34.3 Å². The van der Waals surface area contributed by atoms with Gasteiger partial charge in [0.1, 0.15) is 0 Å². The molecule has 0 aliphatic rings. The second kappa shape index (κ2) is 4.86. The fourth-order valence-corrected chi connectivity index (χ4v) is 1.84. The monoisotopic (exact) mass is 288 g/mol. The Labute approximate surface area is 119 Å².